The van der Waals surface area contributed by atoms with Gasteiger partial charge in [-0.3, -0.25) is 10.1 Å². The van der Waals surface area contributed by atoms with Crippen LogP contribution >= 0.6 is 11.3 Å². The number of nitro groups is 1. The van der Waals surface area contributed by atoms with E-state index in [1.165, 1.54) is 11.3 Å². The third-order valence-electron chi connectivity index (χ3n) is 3.73. The fourth-order valence-electron chi connectivity index (χ4n) is 2.58. The van der Waals surface area contributed by atoms with Crippen LogP contribution in [-0.4, -0.2) is 9.91 Å². The van der Waals surface area contributed by atoms with Crippen molar-refractivity contribution < 1.29 is 9.34 Å². The van der Waals surface area contributed by atoms with Crippen molar-refractivity contribution in [3.63, 3.8) is 0 Å². The van der Waals surface area contributed by atoms with E-state index < -0.39 is 0 Å². The summed E-state index contributed by atoms with van der Waals surface area (Å²) in [5, 5.41) is 12.1. The first-order valence-electron chi connectivity index (χ1n) is 7.33. The Morgan fingerprint density at radius 2 is 1.88 bits per heavy atom. The Kier molecular flexibility index (Phi) is 3.39. The fourth-order valence-corrected chi connectivity index (χ4v) is 3.50. The van der Waals surface area contributed by atoms with Crippen molar-refractivity contribution in [2.75, 3.05) is 0 Å². The zero-order chi connectivity index (χ0) is 16.7. The monoisotopic (exact) mass is 336 g/mol. The SMILES string of the molecule is Cc1ccc(-c2ccc(-c3nc4ccccc4s3)o2)c([N+](=O)[O-])c1. The lowest BCUT2D eigenvalue weighted by molar-refractivity contribution is -0.384. The number of nitro benzene ring substituents is 1. The summed E-state index contributed by atoms with van der Waals surface area (Å²) in [4.78, 5) is 15.5. The summed E-state index contributed by atoms with van der Waals surface area (Å²) in [7, 11) is 0. The predicted octanol–water partition coefficient (Wildman–Crippen LogP) is 5.44. The number of furan rings is 1. The lowest BCUT2D eigenvalue weighted by Gasteiger charge is -2.01. The molecule has 0 bridgehead atoms. The molecule has 0 atom stereocenters. The van der Waals surface area contributed by atoms with Gasteiger partial charge in [0.15, 0.2) is 10.8 Å². The van der Waals surface area contributed by atoms with Crippen molar-refractivity contribution in [2.24, 2.45) is 0 Å². The molecule has 0 amide bonds. The predicted molar refractivity (Wildman–Crippen MR) is 94.1 cm³/mol. The molecule has 0 aliphatic carbocycles. The molecular weight excluding hydrogens is 324 g/mol. The highest BCUT2D eigenvalue weighted by atomic mass is 32.1. The molecule has 0 unspecified atom stereocenters. The first kappa shape index (κ1) is 14.6. The largest absolute Gasteiger partial charge is 0.453 e. The summed E-state index contributed by atoms with van der Waals surface area (Å²) in [6.45, 7) is 1.82. The van der Waals surface area contributed by atoms with Crippen LogP contribution in [0.2, 0.25) is 0 Å². The van der Waals surface area contributed by atoms with Gasteiger partial charge >= 0.3 is 0 Å². The second-order valence-corrected chi connectivity index (χ2v) is 6.46. The number of rotatable bonds is 3. The van der Waals surface area contributed by atoms with Gasteiger partial charge in [0.2, 0.25) is 0 Å². The number of aromatic nitrogens is 1. The Labute approximate surface area is 141 Å². The molecule has 0 N–H and O–H groups in total. The summed E-state index contributed by atoms with van der Waals surface area (Å²) in [6.07, 6.45) is 0. The van der Waals surface area contributed by atoms with Crippen LogP contribution in [0.4, 0.5) is 5.69 Å². The van der Waals surface area contributed by atoms with Gasteiger partial charge in [-0.1, -0.05) is 18.2 Å². The standard InChI is InChI=1S/C18H12N2O3S/c1-11-6-7-12(14(10-11)20(21)22)15-8-9-16(23-15)18-19-13-4-2-3-5-17(13)24-18/h2-10H,1H3. The van der Waals surface area contributed by atoms with Crippen LogP contribution in [0.1, 0.15) is 5.56 Å². The number of thiazole rings is 1. The van der Waals surface area contributed by atoms with E-state index in [1.807, 2.05) is 37.3 Å². The van der Waals surface area contributed by atoms with Gasteiger partial charge in [-0.2, -0.15) is 0 Å². The average molecular weight is 336 g/mol. The van der Waals surface area contributed by atoms with Crippen LogP contribution in [0.3, 0.4) is 0 Å². The van der Waals surface area contributed by atoms with Crippen LogP contribution in [0.25, 0.3) is 32.3 Å². The van der Waals surface area contributed by atoms with Gasteiger partial charge in [0, 0.05) is 6.07 Å². The molecule has 2 aromatic carbocycles. The minimum Gasteiger partial charge on any atom is -0.453 e. The summed E-state index contributed by atoms with van der Waals surface area (Å²) in [5.41, 5.74) is 2.26. The van der Waals surface area contributed by atoms with Crippen LogP contribution in [0.5, 0.6) is 0 Å². The number of fused-ring (bicyclic) bond motifs is 1. The summed E-state index contributed by atoms with van der Waals surface area (Å²) >= 11 is 1.53. The van der Waals surface area contributed by atoms with Crippen LogP contribution in [-0.2, 0) is 0 Å². The first-order valence-corrected chi connectivity index (χ1v) is 8.15. The number of nitrogens with zero attached hydrogens (tertiary/aromatic N) is 2. The fraction of sp³-hybridized carbons (Fsp3) is 0.0556. The number of hydrogen-bond acceptors (Lipinski definition) is 5. The van der Waals surface area contributed by atoms with E-state index in [0.29, 0.717) is 17.1 Å². The maximum atomic E-state index is 11.3. The van der Waals surface area contributed by atoms with E-state index in [4.69, 9.17) is 4.42 Å². The number of hydrogen-bond donors (Lipinski definition) is 0. The van der Waals surface area contributed by atoms with Crippen LogP contribution in [0, 0.1) is 17.0 Å². The molecule has 2 aromatic heterocycles. The second-order valence-electron chi connectivity index (χ2n) is 5.43. The molecule has 4 rings (SSSR count). The Morgan fingerprint density at radius 3 is 2.67 bits per heavy atom. The molecule has 0 saturated carbocycles. The molecule has 5 nitrogen and oxygen atoms in total. The van der Waals surface area contributed by atoms with Crippen molar-refractivity contribution in [3.8, 4) is 22.1 Å². The summed E-state index contributed by atoms with van der Waals surface area (Å²) in [5.74, 6) is 1.08. The lowest BCUT2D eigenvalue weighted by Crippen LogP contribution is -1.92. The Morgan fingerprint density at radius 1 is 1.08 bits per heavy atom. The van der Waals surface area contributed by atoms with Crippen LogP contribution in [0.15, 0.2) is 59.0 Å². The highest BCUT2D eigenvalue weighted by Gasteiger charge is 2.19. The minimum absolute atomic E-state index is 0.0419. The number of aryl methyl sites for hydroxylation is 1. The van der Waals surface area contributed by atoms with Crippen molar-refractivity contribution in [1.82, 2.24) is 4.98 Å². The van der Waals surface area contributed by atoms with E-state index in [-0.39, 0.29) is 10.6 Å². The Balaban J connectivity index is 1.79. The van der Waals surface area contributed by atoms with Crippen molar-refractivity contribution in [2.45, 2.75) is 6.92 Å². The molecule has 2 heterocycles. The molecule has 0 aliphatic rings. The minimum atomic E-state index is -0.387. The van der Waals surface area contributed by atoms with Crippen molar-refractivity contribution >= 4 is 27.2 Å². The van der Waals surface area contributed by atoms with E-state index in [2.05, 4.69) is 4.98 Å². The van der Waals surface area contributed by atoms with Gasteiger partial charge in [0.1, 0.15) is 5.76 Å². The van der Waals surface area contributed by atoms with Gasteiger partial charge in [0.25, 0.3) is 5.69 Å². The summed E-state index contributed by atoms with van der Waals surface area (Å²) < 4.78 is 6.94. The molecule has 0 fully saturated rings. The van der Waals surface area contributed by atoms with Gasteiger partial charge in [-0.05, 0) is 42.8 Å². The summed E-state index contributed by atoms with van der Waals surface area (Å²) in [6, 6.07) is 16.5. The van der Waals surface area contributed by atoms with E-state index >= 15 is 0 Å². The van der Waals surface area contributed by atoms with Crippen molar-refractivity contribution in [3.05, 3.63) is 70.3 Å². The first-order chi connectivity index (χ1) is 11.6. The molecular formula is C18H12N2O3S. The lowest BCUT2D eigenvalue weighted by atomic mass is 10.1. The quantitative estimate of drug-likeness (QED) is 0.369. The van der Waals surface area contributed by atoms with Crippen molar-refractivity contribution in [1.29, 1.82) is 0 Å². The maximum absolute atomic E-state index is 11.3. The smallest absolute Gasteiger partial charge is 0.280 e. The van der Waals surface area contributed by atoms with E-state index in [9.17, 15) is 10.1 Å². The number of para-hydroxylation sites is 1. The molecule has 118 valence electrons. The van der Waals surface area contributed by atoms with Crippen LogP contribution < -0.4 is 0 Å². The Bertz CT molecular complexity index is 1030. The molecule has 0 radical (unpaired) electrons. The van der Waals surface area contributed by atoms with Gasteiger partial charge in [0.05, 0.1) is 20.7 Å². The third-order valence-corrected chi connectivity index (χ3v) is 4.78. The topological polar surface area (TPSA) is 69.2 Å². The molecule has 24 heavy (non-hydrogen) atoms. The highest BCUT2D eigenvalue weighted by Crippen LogP contribution is 2.36. The Hall–Kier alpha value is -2.99. The molecule has 6 heteroatoms. The number of benzene rings is 2. The zero-order valence-corrected chi connectivity index (χ0v) is 13.5. The van der Waals surface area contributed by atoms with Gasteiger partial charge < -0.3 is 4.42 Å². The van der Waals surface area contributed by atoms with E-state index in [1.54, 1.807) is 24.3 Å². The molecule has 0 spiro atoms. The molecule has 4 aromatic rings. The third kappa shape index (κ3) is 2.47. The highest BCUT2D eigenvalue weighted by molar-refractivity contribution is 7.21. The second kappa shape index (κ2) is 5.58. The molecule has 0 saturated heterocycles. The molecule has 0 aliphatic heterocycles. The normalized spacial score (nSPS) is 11.0. The zero-order valence-electron chi connectivity index (χ0n) is 12.7. The van der Waals surface area contributed by atoms with Gasteiger partial charge in [-0.25, -0.2) is 4.98 Å². The van der Waals surface area contributed by atoms with Gasteiger partial charge in [-0.15, -0.1) is 11.3 Å². The maximum Gasteiger partial charge on any atom is 0.280 e. The van der Waals surface area contributed by atoms with E-state index in [0.717, 1.165) is 20.8 Å². The average Bonchev–Trinajstić information content (AvgIpc) is 3.21.